The molecule has 1 saturated carbocycles. The van der Waals surface area contributed by atoms with Crippen molar-refractivity contribution in [2.24, 2.45) is 11.8 Å². The molecule has 35 heavy (non-hydrogen) atoms. The average molecular weight is 519 g/mol. The minimum absolute atomic E-state index is 0.0482. The van der Waals surface area contributed by atoms with Gasteiger partial charge in [0.1, 0.15) is 47.2 Å². The Bertz CT molecular complexity index is 926. The summed E-state index contributed by atoms with van der Waals surface area (Å²) in [5, 5.41) is 69.1. The van der Waals surface area contributed by atoms with Gasteiger partial charge < -0.3 is 54.7 Å². The predicted octanol–water partition coefficient (Wildman–Crippen LogP) is -1.82. The van der Waals surface area contributed by atoms with Crippen LogP contribution in [0.25, 0.3) is 0 Å². The Balaban J connectivity index is 1.57. The zero-order chi connectivity index (χ0) is 25.5. The Morgan fingerprint density at radius 1 is 1.06 bits per heavy atom. The van der Waals surface area contributed by atoms with Gasteiger partial charge in [-0.25, -0.2) is 4.79 Å². The lowest BCUT2D eigenvalue weighted by Crippen LogP contribution is -2.61. The van der Waals surface area contributed by atoms with Crippen LogP contribution >= 0.6 is 11.6 Å². The van der Waals surface area contributed by atoms with E-state index in [9.17, 15) is 40.5 Å². The van der Waals surface area contributed by atoms with Crippen molar-refractivity contribution < 1.29 is 59.5 Å². The largest absolute Gasteiger partial charge is 0.508 e. The normalized spacial score (nSPS) is 42.8. The summed E-state index contributed by atoms with van der Waals surface area (Å²) in [5.74, 6) is -2.76. The monoisotopic (exact) mass is 518 g/mol. The molecule has 1 aliphatic carbocycles. The minimum Gasteiger partial charge on any atom is -0.508 e. The summed E-state index contributed by atoms with van der Waals surface area (Å²) in [4.78, 5) is 12.7. The van der Waals surface area contributed by atoms with Crippen LogP contribution in [0.2, 0.25) is 0 Å². The van der Waals surface area contributed by atoms with Crippen LogP contribution in [0, 0.1) is 11.8 Å². The Morgan fingerprint density at radius 3 is 2.37 bits per heavy atom. The second-order valence-electron chi connectivity index (χ2n) is 8.74. The zero-order valence-corrected chi connectivity index (χ0v) is 19.0. The lowest BCUT2D eigenvalue weighted by atomic mass is 9.84. The van der Waals surface area contributed by atoms with Crippen LogP contribution in [0.3, 0.4) is 0 Å². The van der Waals surface area contributed by atoms with Gasteiger partial charge in [-0.2, -0.15) is 0 Å². The van der Waals surface area contributed by atoms with E-state index in [2.05, 4.69) is 0 Å². The minimum atomic E-state index is -2.07. The van der Waals surface area contributed by atoms with Gasteiger partial charge in [0, 0.05) is 5.92 Å². The molecule has 3 aliphatic rings. The van der Waals surface area contributed by atoms with Crippen LogP contribution in [0.1, 0.15) is 10.4 Å². The molecule has 13 heteroatoms. The van der Waals surface area contributed by atoms with Crippen LogP contribution in [0.5, 0.6) is 5.75 Å². The fourth-order valence-corrected chi connectivity index (χ4v) is 5.13. The lowest BCUT2D eigenvalue weighted by Gasteiger charge is -2.43. The van der Waals surface area contributed by atoms with E-state index in [1.165, 1.54) is 36.6 Å². The molecule has 1 aromatic rings. The number of carbonyl (C=O) groups is 1. The van der Waals surface area contributed by atoms with Gasteiger partial charge in [0.25, 0.3) is 0 Å². The van der Waals surface area contributed by atoms with Gasteiger partial charge >= 0.3 is 5.97 Å². The SMILES string of the molecule is O=C(O[C@H]1[C@@H]2C=CO[C@@H](O[C@@H]3O[C@H](CO)[C@@H](O)[C@H](O)[C@H]3O)[C@@H]2[C@](O)(CO)[C@@H]1Cl)c1ccc(O)cc1. The molecular weight excluding hydrogens is 492 g/mol. The number of rotatable bonds is 6. The predicted molar refractivity (Wildman–Crippen MR) is 115 cm³/mol. The highest BCUT2D eigenvalue weighted by molar-refractivity contribution is 6.22. The fourth-order valence-electron chi connectivity index (χ4n) is 4.69. The Hall–Kier alpha value is -2.00. The second-order valence-corrected chi connectivity index (χ2v) is 9.21. The number of aromatic hydroxyl groups is 1. The number of halogens is 1. The Morgan fingerprint density at radius 2 is 1.74 bits per heavy atom. The standard InChI is InChI=1S/C22H27ClO12/c23-18-17(34-19(30)9-1-3-10(26)4-2-9)11-5-6-32-20(13(11)22(18,31)8-25)35-21-16(29)15(28)14(27)12(7-24)33-21/h1-6,11-18,20-21,24-29,31H,7-8H2/t11-,12-,13-,14-,15+,16-,17+,18-,20+,21+,22-/m1/s1. The summed E-state index contributed by atoms with van der Waals surface area (Å²) >= 11 is 6.48. The molecule has 12 nitrogen and oxygen atoms in total. The topological polar surface area (TPSA) is 196 Å². The van der Waals surface area contributed by atoms with Crippen LogP contribution < -0.4 is 0 Å². The number of phenols is 1. The van der Waals surface area contributed by atoms with Crippen LogP contribution in [-0.4, -0.2) is 109 Å². The van der Waals surface area contributed by atoms with Gasteiger partial charge in [-0.1, -0.05) is 0 Å². The van der Waals surface area contributed by atoms with Crippen molar-refractivity contribution in [2.75, 3.05) is 13.2 Å². The average Bonchev–Trinajstić information content (AvgIpc) is 3.07. The maximum Gasteiger partial charge on any atom is 0.338 e. The fraction of sp³-hybridized carbons (Fsp3) is 0.591. The molecule has 11 atom stereocenters. The first kappa shape index (κ1) is 26.1. The maximum absolute atomic E-state index is 12.7. The van der Waals surface area contributed by atoms with E-state index in [4.69, 9.17) is 30.5 Å². The molecule has 0 spiro atoms. The van der Waals surface area contributed by atoms with Gasteiger partial charge in [0.05, 0.1) is 31.0 Å². The number of aliphatic hydroxyl groups is 6. The van der Waals surface area contributed by atoms with Crippen molar-refractivity contribution in [2.45, 2.75) is 54.1 Å². The van der Waals surface area contributed by atoms with Crippen molar-refractivity contribution in [1.82, 2.24) is 0 Å². The molecule has 4 rings (SSSR count). The van der Waals surface area contributed by atoms with E-state index in [-0.39, 0.29) is 11.3 Å². The molecule has 0 radical (unpaired) electrons. The molecule has 0 amide bonds. The number of aliphatic hydroxyl groups excluding tert-OH is 5. The number of benzene rings is 1. The first-order valence-electron chi connectivity index (χ1n) is 10.9. The smallest absolute Gasteiger partial charge is 0.338 e. The quantitative estimate of drug-likeness (QED) is 0.165. The summed E-state index contributed by atoms with van der Waals surface area (Å²) < 4.78 is 22.1. The van der Waals surface area contributed by atoms with Gasteiger partial charge in [0.15, 0.2) is 6.29 Å². The summed E-state index contributed by atoms with van der Waals surface area (Å²) in [7, 11) is 0. The van der Waals surface area contributed by atoms with Crippen molar-refractivity contribution in [3.63, 3.8) is 0 Å². The first-order chi connectivity index (χ1) is 16.6. The molecule has 1 saturated heterocycles. The number of alkyl halides is 1. The van der Waals surface area contributed by atoms with E-state index in [0.717, 1.165) is 0 Å². The molecule has 0 bridgehead atoms. The van der Waals surface area contributed by atoms with Gasteiger partial charge in [-0.05, 0) is 30.3 Å². The number of esters is 1. The second kappa shape index (κ2) is 10.2. The Kier molecular flexibility index (Phi) is 7.57. The highest BCUT2D eigenvalue weighted by Gasteiger charge is 2.65. The van der Waals surface area contributed by atoms with E-state index >= 15 is 0 Å². The van der Waals surface area contributed by atoms with E-state index in [1.807, 2.05) is 0 Å². The molecular formula is C22H27ClO12. The zero-order valence-electron chi connectivity index (χ0n) is 18.2. The van der Waals surface area contributed by atoms with Crippen molar-refractivity contribution >= 4 is 17.6 Å². The number of fused-ring (bicyclic) bond motifs is 1. The molecule has 2 aliphatic heterocycles. The molecule has 0 unspecified atom stereocenters. The third-order valence-electron chi connectivity index (χ3n) is 6.66. The van der Waals surface area contributed by atoms with E-state index in [0.29, 0.717) is 0 Å². The molecule has 2 fully saturated rings. The molecule has 0 aromatic heterocycles. The van der Waals surface area contributed by atoms with Crippen LogP contribution in [0.15, 0.2) is 36.6 Å². The first-order valence-corrected chi connectivity index (χ1v) is 11.3. The summed E-state index contributed by atoms with van der Waals surface area (Å²) in [6.45, 7) is -1.54. The number of phenolic OH excluding ortho intramolecular Hbond substituents is 1. The highest BCUT2D eigenvalue weighted by atomic mass is 35.5. The summed E-state index contributed by atoms with van der Waals surface area (Å²) in [5.41, 5.74) is -1.96. The Labute approximate surface area is 204 Å². The third-order valence-corrected chi connectivity index (χ3v) is 7.29. The number of hydrogen-bond acceptors (Lipinski definition) is 12. The summed E-state index contributed by atoms with van der Waals surface area (Å²) in [6, 6.07) is 5.29. The van der Waals surface area contributed by atoms with Crippen LogP contribution in [-0.2, 0) is 18.9 Å². The lowest BCUT2D eigenvalue weighted by molar-refractivity contribution is -0.347. The maximum atomic E-state index is 12.7. The molecule has 1 aromatic carbocycles. The number of ether oxygens (including phenoxy) is 4. The third kappa shape index (κ3) is 4.61. The van der Waals surface area contributed by atoms with Crippen LogP contribution in [0.4, 0.5) is 0 Å². The summed E-state index contributed by atoms with van der Waals surface area (Å²) in [6.07, 6.45) is -7.72. The van der Waals surface area contributed by atoms with E-state index < -0.39 is 85.1 Å². The van der Waals surface area contributed by atoms with Gasteiger partial charge in [0.2, 0.25) is 6.29 Å². The molecule has 2 heterocycles. The molecule has 7 N–H and O–H groups in total. The highest BCUT2D eigenvalue weighted by Crippen LogP contribution is 2.50. The van der Waals surface area contributed by atoms with Crippen molar-refractivity contribution in [3.05, 3.63) is 42.2 Å². The van der Waals surface area contributed by atoms with E-state index in [1.54, 1.807) is 0 Å². The van der Waals surface area contributed by atoms with Gasteiger partial charge in [-0.15, -0.1) is 11.6 Å². The number of carbonyl (C=O) groups excluding carboxylic acids is 1. The number of hydrogen-bond donors (Lipinski definition) is 7. The molecule has 194 valence electrons. The van der Waals surface area contributed by atoms with Crippen molar-refractivity contribution in [1.29, 1.82) is 0 Å². The van der Waals surface area contributed by atoms with Crippen molar-refractivity contribution in [3.8, 4) is 5.75 Å². The van der Waals surface area contributed by atoms with Gasteiger partial charge in [-0.3, -0.25) is 0 Å².